The Morgan fingerprint density at radius 2 is 1.74 bits per heavy atom. The van der Waals surface area contributed by atoms with Gasteiger partial charge in [0.15, 0.2) is 0 Å². The second kappa shape index (κ2) is 19.1. The largest absolute Gasteiger partial charge is 0.493 e. The topological polar surface area (TPSA) is 197 Å². The summed E-state index contributed by atoms with van der Waals surface area (Å²) >= 11 is 6.25. The number of allylic oxidation sites excluding steroid dienone is 1. The zero-order valence-electron chi connectivity index (χ0n) is 38.4. The molecule has 0 bridgehead atoms. The van der Waals surface area contributed by atoms with Crippen molar-refractivity contribution in [1.82, 2.24) is 23.9 Å². The zero-order valence-corrected chi connectivity index (χ0v) is 40.8. The van der Waals surface area contributed by atoms with Crippen LogP contribution < -0.4 is 19.1 Å². The van der Waals surface area contributed by atoms with Crippen LogP contribution in [0.25, 0.3) is 16.6 Å². The van der Waals surface area contributed by atoms with Crippen LogP contribution >= 0.6 is 11.6 Å². The molecule has 9 rings (SSSR count). The Bertz CT molecular complexity index is 3000. The van der Waals surface area contributed by atoms with Crippen molar-refractivity contribution in [2.45, 2.75) is 63.7 Å². The lowest BCUT2D eigenvalue weighted by Gasteiger charge is -2.39. The van der Waals surface area contributed by atoms with Crippen LogP contribution in [-0.4, -0.2) is 106 Å². The number of rotatable bonds is 13. The molecule has 0 radical (unpaired) electrons. The van der Waals surface area contributed by atoms with Gasteiger partial charge in [-0.2, -0.15) is 0 Å². The number of sulfonamides is 2. The van der Waals surface area contributed by atoms with Crippen LogP contribution in [0.4, 0.5) is 11.4 Å². The second-order valence-electron chi connectivity index (χ2n) is 19.4. The van der Waals surface area contributed by atoms with Crippen molar-refractivity contribution in [3.63, 3.8) is 0 Å². The first-order valence-electron chi connectivity index (χ1n) is 23.0. The number of carbonyl (C=O) groups is 1. The van der Waals surface area contributed by atoms with E-state index in [2.05, 4.69) is 50.5 Å². The maximum atomic E-state index is 14.1. The molecule has 4 aliphatic rings. The molecule has 2 aromatic heterocycles. The number of nitrogens with zero attached hydrogens (tertiary/aromatic N) is 5. The Morgan fingerprint density at radius 3 is 2.46 bits per heavy atom. The summed E-state index contributed by atoms with van der Waals surface area (Å²) in [5, 5.41) is 13.9. The molecule has 1 atom stereocenters. The maximum Gasteiger partial charge on any atom is 0.277 e. The third-order valence-corrected chi connectivity index (χ3v) is 16.8. The summed E-state index contributed by atoms with van der Waals surface area (Å²) in [5.41, 5.74) is 5.51. The lowest BCUT2D eigenvalue weighted by atomic mass is 9.72. The molecule has 0 spiro atoms. The predicted molar refractivity (Wildman–Crippen MR) is 261 cm³/mol. The standard InChI is InChI=1S/C49H56ClN7O9S2/c1-49(2)14-10-36(43(28-49)34-4-6-37(50)7-5-34)30-54-18-20-55(21-19-54)38-8-9-41(46(25-38)66-39-24-35-11-15-51-47(35)52-29-39)48(58)53-68(63,64)40-26-44(57(59)60)42-23-33(31-65-45(42)27-40)22-32-12-16-56(17-13-32)67(3,61)62/h4-9,11,15,24-27,29,32-33H,10,12-14,16-23,28,30-31H2,1-3H3,(H,51,52)(H,53,58)/t33-/m0/s1. The molecule has 0 saturated carbocycles. The van der Waals surface area contributed by atoms with Crippen molar-refractivity contribution in [2.75, 3.05) is 63.6 Å². The number of pyridine rings is 1. The van der Waals surface area contributed by atoms with E-state index in [1.165, 1.54) is 45.6 Å². The number of fused-ring (bicyclic) bond motifs is 2. The first-order chi connectivity index (χ1) is 32.4. The highest BCUT2D eigenvalue weighted by Gasteiger charge is 2.35. The number of ether oxygens (including phenoxy) is 2. The lowest BCUT2D eigenvalue weighted by Crippen LogP contribution is -2.47. The molecule has 19 heteroatoms. The number of hydrogen-bond acceptors (Lipinski definition) is 12. The highest BCUT2D eigenvalue weighted by atomic mass is 35.5. The summed E-state index contributed by atoms with van der Waals surface area (Å²) in [7, 11) is -7.95. The van der Waals surface area contributed by atoms with Crippen LogP contribution in [0.2, 0.25) is 5.02 Å². The quantitative estimate of drug-likeness (QED) is 0.0845. The maximum absolute atomic E-state index is 14.1. The number of piperidine rings is 1. The van der Waals surface area contributed by atoms with Crippen molar-refractivity contribution in [3.8, 4) is 17.2 Å². The monoisotopic (exact) mass is 985 g/mol. The number of H-pyrrole nitrogens is 1. The van der Waals surface area contributed by atoms with Gasteiger partial charge >= 0.3 is 0 Å². The third-order valence-electron chi connectivity index (χ3n) is 13.9. The number of nitrogens with one attached hydrogen (secondary N) is 2. The summed E-state index contributed by atoms with van der Waals surface area (Å²) in [6, 6.07) is 19.0. The Kier molecular flexibility index (Phi) is 13.4. The van der Waals surface area contributed by atoms with Crippen LogP contribution in [0.5, 0.6) is 17.2 Å². The molecule has 5 heterocycles. The van der Waals surface area contributed by atoms with Crippen molar-refractivity contribution in [2.24, 2.45) is 17.3 Å². The molecule has 68 heavy (non-hydrogen) atoms. The van der Waals surface area contributed by atoms with Gasteiger partial charge in [-0.05, 0) is 110 Å². The van der Waals surface area contributed by atoms with E-state index in [0.717, 1.165) is 61.1 Å². The number of benzene rings is 3. The number of amides is 1. The Morgan fingerprint density at radius 1 is 0.985 bits per heavy atom. The molecule has 360 valence electrons. The van der Waals surface area contributed by atoms with E-state index in [1.54, 1.807) is 24.4 Å². The summed E-state index contributed by atoms with van der Waals surface area (Å²) in [6.07, 6.45) is 9.94. The van der Waals surface area contributed by atoms with E-state index in [4.69, 9.17) is 21.1 Å². The van der Waals surface area contributed by atoms with E-state index in [-0.39, 0.29) is 52.9 Å². The van der Waals surface area contributed by atoms with Gasteiger partial charge in [0.25, 0.3) is 21.6 Å². The number of anilines is 1. The van der Waals surface area contributed by atoms with Crippen LogP contribution in [-0.2, 0) is 26.5 Å². The van der Waals surface area contributed by atoms with E-state index < -0.39 is 41.5 Å². The summed E-state index contributed by atoms with van der Waals surface area (Å²) in [4.78, 5) is 37.6. The highest BCUT2D eigenvalue weighted by molar-refractivity contribution is 7.90. The molecule has 5 aromatic rings. The third kappa shape index (κ3) is 10.7. The van der Waals surface area contributed by atoms with Gasteiger partial charge in [0.05, 0.1) is 40.0 Å². The zero-order chi connectivity index (χ0) is 48.0. The van der Waals surface area contributed by atoms with Crippen molar-refractivity contribution in [1.29, 1.82) is 0 Å². The number of piperazine rings is 1. The number of aromatic nitrogens is 2. The number of nitro groups is 1. The van der Waals surface area contributed by atoms with Crippen molar-refractivity contribution in [3.05, 3.63) is 117 Å². The Balaban J connectivity index is 0.919. The van der Waals surface area contributed by atoms with Gasteiger partial charge in [0, 0.05) is 86.3 Å². The normalized spacial score (nSPS) is 19.6. The van der Waals surface area contributed by atoms with E-state index in [0.29, 0.717) is 56.8 Å². The van der Waals surface area contributed by atoms with Crippen LogP contribution in [0.15, 0.2) is 89.6 Å². The Labute approximate surface area is 401 Å². The van der Waals surface area contributed by atoms with Gasteiger partial charge in [-0.25, -0.2) is 30.8 Å². The van der Waals surface area contributed by atoms with Gasteiger partial charge in [-0.3, -0.25) is 19.8 Å². The lowest BCUT2D eigenvalue weighted by molar-refractivity contribution is -0.386. The number of halogens is 1. The molecule has 1 amide bonds. The molecule has 1 aliphatic carbocycles. The molecule has 3 aromatic carbocycles. The fourth-order valence-corrected chi connectivity index (χ4v) is 12.1. The van der Waals surface area contributed by atoms with Gasteiger partial charge in [0.1, 0.15) is 22.9 Å². The van der Waals surface area contributed by atoms with Crippen LogP contribution in [0, 0.1) is 27.4 Å². The molecule has 2 saturated heterocycles. The van der Waals surface area contributed by atoms with Gasteiger partial charge in [0.2, 0.25) is 10.0 Å². The number of carbonyl (C=O) groups excluding carboxylic acids is 1. The second-order valence-corrected chi connectivity index (χ2v) is 23.5. The minimum atomic E-state index is -4.68. The van der Waals surface area contributed by atoms with Crippen LogP contribution in [0.3, 0.4) is 0 Å². The van der Waals surface area contributed by atoms with Gasteiger partial charge < -0.3 is 19.4 Å². The number of aromatic amines is 1. The van der Waals surface area contributed by atoms with Crippen molar-refractivity contribution < 1.29 is 36.0 Å². The smallest absolute Gasteiger partial charge is 0.277 e. The average Bonchev–Trinajstić information content (AvgIpc) is 3.77. The predicted octanol–water partition coefficient (Wildman–Crippen LogP) is 8.43. The molecule has 16 nitrogen and oxygen atoms in total. The molecular formula is C49H56ClN7O9S2. The summed E-state index contributed by atoms with van der Waals surface area (Å²) in [5.74, 6) is -0.358. The first kappa shape index (κ1) is 47.5. The Hall–Kier alpha value is -5.53. The van der Waals surface area contributed by atoms with Crippen LogP contribution in [0.1, 0.15) is 73.9 Å². The molecule has 0 unspecified atom stereocenters. The van der Waals surface area contributed by atoms with E-state index >= 15 is 0 Å². The van der Waals surface area contributed by atoms with Gasteiger partial charge in [-0.15, -0.1) is 0 Å². The fourth-order valence-electron chi connectivity index (χ4n) is 10.1. The van der Waals surface area contributed by atoms with E-state index in [9.17, 15) is 31.7 Å². The molecule has 3 aliphatic heterocycles. The molecule has 2 N–H and O–H groups in total. The van der Waals surface area contributed by atoms with Gasteiger partial charge in [-0.1, -0.05) is 43.2 Å². The summed E-state index contributed by atoms with van der Waals surface area (Å²) in [6.45, 7) is 9.58. The van der Waals surface area contributed by atoms with E-state index in [1.807, 2.05) is 18.2 Å². The first-order valence-corrected chi connectivity index (χ1v) is 26.7. The van der Waals surface area contributed by atoms with Crippen molar-refractivity contribution >= 4 is 65.5 Å². The minimum absolute atomic E-state index is 0.0673. The fraction of sp³-hybridized carbons (Fsp3) is 0.429. The number of hydrogen-bond donors (Lipinski definition) is 2. The summed E-state index contributed by atoms with van der Waals surface area (Å²) < 4.78 is 67.9. The number of nitro benzene ring substituents is 1. The molecule has 2 fully saturated rings. The average molecular weight is 987 g/mol. The minimum Gasteiger partial charge on any atom is -0.493 e. The molecular weight excluding hydrogens is 930 g/mol. The SMILES string of the molecule is CC1(C)CCC(CN2CCN(c3ccc(C(=O)NS(=O)(=O)c4cc5c(c([N+](=O)[O-])c4)C[C@H](CC4CCN(S(C)(=O)=O)CC4)CO5)c(Oc4cnc5[nH]ccc5c4)c3)CC2)=C(c2ccc(Cl)cc2)C1. The highest BCUT2D eigenvalue weighted by Crippen LogP contribution is 2.44.